The minimum absolute atomic E-state index is 0.376. The van der Waals surface area contributed by atoms with Gasteiger partial charge in [0.15, 0.2) is 0 Å². The summed E-state index contributed by atoms with van der Waals surface area (Å²) < 4.78 is 0. The van der Waals surface area contributed by atoms with Crippen LogP contribution in [0.5, 0.6) is 0 Å². The van der Waals surface area contributed by atoms with E-state index in [9.17, 15) is 0 Å². The number of hydrogen-bond donors (Lipinski definition) is 1. The molecule has 0 aliphatic carbocycles. The Morgan fingerprint density at radius 1 is 1.41 bits per heavy atom. The minimum atomic E-state index is 0.376. The van der Waals surface area contributed by atoms with Crippen LogP contribution < -0.4 is 5.32 Å². The highest BCUT2D eigenvalue weighted by atomic mass is 15.2. The third-order valence-electron chi connectivity index (χ3n) is 3.44. The Labute approximate surface area is 104 Å². The van der Waals surface area contributed by atoms with Gasteiger partial charge in [0, 0.05) is 18.2 Å². The lowest BCUT2D eigenvalue weighted by Crippen LogP contribution is -2.31. The first-order chi connectivity index (χ1) is 8.33. The lowest BCUT2D eigenvalue weighted by Gasteiger charge is -2.23. The van der Waals surface area contributed by atoms with Gasteiger partial charge in [-0.15, -0.1) is 6.42 Å². The van der Waals surface area contributed by atoms with Gasteiger partial charge in [0.25, 0.3) is 0 Å². The van der Waals surface area contributed by atoms with Crippen molar-refractivity contribution in [2.24, 2.45) is 0 Å². The van der Waals surface area contributed by atoms with Gasteiger partial charge in [0.05, 0.1) is 0 Å². The lowest BCUT2D eigenvalue weighted by molar-refractivity contribution is 0.299. The fraction of sp³-hybridized carbons (Fsp3) is 0.467. The van der Waals surface area contributed by atoms with Crippen molar-refractivity contribution >= 4 is 0 Å². The predicted molar refractivity (Wildman–Crippen MR) is 71.9 cm³/mol. The number of benzene rings is 1. The van der Waals surface area contributed by atoms with Crippen LogP contribution in [-0.4, -0.2) is 31.6 Å². The van der Waals surface area contributed by atoms with Gasteiger partial charge in [0.2, 0.25) is 0 Å². The van der Waals surface area contributed by atoms with Crippen LogP contribution in [0.15, 0.2) is 24.3 Å². The van der Waals surface area contributed by atoms with E-state index in [0.29, 0.717) is 6.04 Å². The monoisotopic (exact) mass is 228 g/mol. The summed E-state index contributed by atoms with van der Waals surface area (Å²) in [5, 5.41) is 3.39. The van der Waals surface area contributed by atoms with Crippen molar-refractivity contribution in [1.82, 2.24) is 10.2 Å². The summed E-state index contributed by atoms with van der Waals surface area (Å²) in [6, 6.07) is 8.65. The molecule has 2 rings (SSSR count). The second-order valence-corrected chi connectivity index (χ2v) is 4.62. The van der Waals surface area contributed by atoms with E-state index in [2.05, 4.69) is 28.3 Å². The fourth-order valence-electron chi connectivity index (χ4n) is 2.43. The van der Waals surface area contributed by atoms with E-state index in [0.717, 1.165) is 12.1 Å². The highest BCUT2D eigenvalue weighted by Crippen LogP contribution is 2.18. The van der Waals surface area contributed by atoms with Crippen LogP contribution in [0.2, 0.25) is 0 Å². The first kappa shape index (κ1) is 12.2. The van der Waals surface area contributed by atoms with Gasteiger partial charge >= 0.3 is 0 Å². The predicted octanol–water partition coefficient (Wildman–Crippen LogP) is 2.02. The Morgan fingerprint density at radius 2 is 2.18 bits per heavy atom. The number of nitrogens with zero attached hydrogens (tertiary/aromatic N) is 1. The smallest absolute Gasteiger partial charge is 0.0447 e. The fourth-order valence-corrected chi connectivity index (χ4v) is 2.43. The Morgan fingerprint density at radius 3 is 2.82 bits per heavy atom. The zero-order valence-electron chi connectivity index (χ0n) is 10.4. The first-order valence-corrected chi connectivity index (χ1v) is 6.29. The van der Waals surface area contributed by atoms with Crippen LogP contribution in [0, 0.1) is 12.3 Å². The van der Waals surface area contributed by atoms with E-state index >= 15 is 0 Å². The molecule has 1 heterocycles. The number of likely N-dealkylation sites (tertiary alicyclic amines) is 1. The van der Waals surface area contributed by atoms with Gasteiger partial charge in [0.1, 0.15) is 0 Å². The van der Waals surface area contributed by atoms with Crippen molar-refractivity contribution in [2.45, 2.75) is 18.9 Å². The molecule has 0 aromatic heterocycles. The number of nitrogens with one attached hydrogen (secondary N) is 1. The normalized spacial score (nSPS) is 17.9. The summed E-state index contributed by atoms with van der Waals surface area (Å²) in [6.07, 6.45) is 8.11. The molecule has 0 amide bonds. The number of rotatable bonds is 4. The minimum Gasteiger partial charge on any atom is -0.312 e. The zero-order valence-corrected chi connectivity index (χ0v) is 10.4. The molecule has 0 radical (unpaired) electrons. The third-order valence-corrected chi connectivity index (χ3v) is 3.44. The second kappa shape index (κ2) is 5.86. The Bertz CT molecular complexity index is 400. The van der Waals surface area contributed by atoms with Gasteiger partial charge in [-0.2, -0.15) is 0 Å². The molecular formula is C15H20N2. The Balaban J connectivity index is 2.08. The quantitative estimate of drug-likeness (QED) is 0.793. The zero-order chi connectivity index (χ0) is 12.1. The molecule has 1 aromatic carbocycles. The standard InChI is InChI=1S/C15H20N2/c1-3-13-7-6-8-14(11-13)15(16-2)12-17-9-4-5-10-17/h1,6-8,11,15-16H,4-5,9-10,12H2,2H3. The molecule has 17 heavy (non-hydrogen) atoms. The summed E-state index contributed by atoms with van der Waals surface area (Å²) in [4.78, 5) is 2.52. The van der Waals surface area contributed by atoms with E-state index in [1.807, 2.05) is 19.2 Å². The van der Waals surface area contributed by atoms with Crippen molar-refractivity contribution < 1.29 is 0 Å². The average Bonchev–Trinajstić information content (AvgIpc) is 2.89. The molecule has 2 heteroatoms. The number of terminal acetylenes is 1. The molecule has 0 spiro atoms. The molecule has 0 saturated carbocycles. The maximum Gasteiger partial charge on any atom is 0.0447 e. The molecule has 1 fully saturated rings. The summed E-state index contributed by atoms with van der Waals surface area (Å²) in [5.74, 6) is 2.70. The molecule has 1 aromatic rings. The summed E-state index contributed by atoms with van der Waals surface area (Å²) in [5.41, 5.74) is 2.25. The van der Waals surface area contributed by atoms with Crippen molar-refractivity contribution in [2.75, 3.05) is 26.7 Å². The number of hydrogen-bond acceptors (Lipinski definition) is 2. The molecule has 2 nitrogen and oxygen atoms in total. The maximum atomic E-state index is 5.44. The highest BCUT2D eigenvalue weighted by molar-refractivity contribution is 5.36. The summed E-state index contributed by atoms with van der Waals surface area (Å²) >= 11 is 0. The van der Waals surface area contributed by atoms with Crippen LogP contribution in [0.4, 0.5) is 0 Å². The topological polar surface area (TPSA) is 15.3 Å². The van der Waals surface area contributed by atoms with Crippen molar-refractivity contribution in [3.63, 3.8) is 0 Å². The molecule has 0 bridgehead atoms. The molecule has 90 valence electrons. The van der Waals surface area contributed by atoms with Crippen molar-refractivity contribution in [1.29, 1.82) is 0 Å². The Kier molecular flexibility index (Phi) is 4.19. The largest absolute Gasteiger partial charge is 0.312 e. The van der Waals surface area contributed by atoms with E-state index in [4.69, 9.17) is 6.42 Å². The van der Waals surface area contributed by atoms with E-state index in [1.54, 1.807) is 0 Å². The summed E-state index contributed by atoms with van der Waals surface area (Å²) in [7, 11) is 2.02. The van der Waals surface area contributed by atoms with Crippen LogP contribution in [0.25, 0.3) is 0 Å². The van der Waals surface area contributed by atoms with Gasteiger partial charge in [-0.1, -0.05) is 18.1 Å². The van der Waals surface area contributed by atoms with Gasteiger partial charge in [-0.05, 0) is 50.7 Å². The maximum absolute atomic E-state index is 5.44. The number of likely N-dealkylation sites (N-methyl/N-ethyl adjacent to an activating group) is 1. The second-order valence-electron chi connectivity index (χ2n) is 4.62. The molecule has 1 unspecified atom stereocenters. The van der Waals surface area contributed by atoms with Gasteiger partial charge in [-0.3, -0.25) is 0 Å². The van der Waals surface area contributed by atoms with Crippen LogP contribution in [0.1, 0.15) is 30.0 Å². The SMILES string of the molecule is C#Cc1cccc(C(CN2CCCC2)NC)c1. The van der Waals surface area contributed by atoms with E-state index < -0.39 is 0 Å². The molecular weight excluding hydrogens is 208 g/mol. The van der Waals surface area contributed by atoms with Crippen LogP contribution in [0.3, 0.4) is 0 Å². The Hall–Kier alpha value is -1.30. The van der Waals surface area contributed by atoms with Crippen molar-refractivity contribution in [3.05, 3.63) is 35.4 Å². The lowest BCUT2D eigenvalue weighted by atomic mass is 10.0. The molecule has 1 aliphatic rings. The molecule has 1 aliphatic heterocycles. The van der Waals surface area contributed by atoms with Crippen LogP contribution in [-0.2, 0) is 0 Å². The molecule has 1 atom stereocenters. The third kappa shape index (κ3) is 3.09. The highest BCUT2D eigenvalue weighted by Gasteiger charge is 2.17. The van der Waals surface area contributed by atoms with Crippen LogP contribution >= 0.6 is 0 Å². The molecule has 1 saturated heterocycles. The summed E-state index contributed by atoms with van der Waals surface area (Å²) in [6.45, 7) is 3.53. The van der Waals surface area contributed by atoms with E-state index in [-0.39, 0.29) is 0 Å². The van der Waals surface area contributed by atoms with Gasteiger partial charge < -0.3 is 10.2 Å². The average molecular weight is 228 g/mol. The van der Waals surface area contributed by atoms with Crippen molar-refractivity contribution in [3.8, 4) is 12.3 Å². The van der Waals surface area contributed by atoms with E-state index in [1.165, 1.54) is 31.5 Å². The van der Waals surface area contributed by atoms with Gasteiger partial charge in [-0.25, -0.2) is 0 Å². The molecule has 1 N–H and O–H groups in total. The first-order valence-electron chi connectivity index (χ1n) is 6.29.